The number of amides is 1. The Balaban J connectivity index is 2.64. The van der Waals surface area contributed by atoms with Crippen molar-refractivity contribution >= 4 is 23.2 Å². The van der Waals surface area contributed by atoms with Gasteiger partial charge in [-0.1, -0.05) is 25.4 Å². The summed E-state index contributed by atoms with van der Waals surface area (Å²) in [5, 5.41) is 6.54. The van der Waals surface area contributed by atoms with Crippen LogP contribution < -0.4 is 15.4 Å². The summed E-state index contributed by atoms with van der Waals surface area (Å²) in [5.41, 5.74) is 0.613. The summed E-state index contributed by atoms with van der Waals surface area (Å²) in [7, 11) is 0. The molecule has 1 unspecified atom stereocenters. The van der Waals surface area contributed by atoms with Crippen LogP contribution in [0.15, 0.2) is 18.2 Å². The highest BCUT2D eigenvalue weighted by Gasteiger charge is 2.09. The van der Waals surface area contributed by atoms with Crippen LogP contribution in [0.4, 0.5) is 5.69 Å². The van der Waals surface area contributed by atoms with Gasteiger partial charge in [0.1, 0.15) is 5.75 Å². The lowest BCUT2D eigenvalue weighted by atomic mass is 10.2. The van der Waals surface area contributed by atoms with Crippen molar-refractivity contribution in [2.45, 2.75) is 39.7 Å². The molecule has 0 saturated carbocycles. The average Bonchev–Trinajstić information content (AvgIpc) is 2.44. The van der Waals surface area contributed by atoms with Gasteiger partial charge in [-0.2, -0.15) is 0 Å². The Kier molecular flexibility index (Phi) is 7.41. The van der Waals surface area contributed by atoms with E-state index < -0.39 is 0 Å². The molecular weight excluding hydrogens is 276 g/mol. The lowest BCUT2D eigenvalue weighted by Crippen LogP contribution is -2.34. The molecule has 5 heteroatoms. The Hall–Kier alpha value is -1.26. The van der Waals surface area contributed by atoms with Crippen LogP contribution in [0.5, 0.6) is 5.75 Å². The first-order chi connectivity index (χ1) is 9.56. The van der Waals surface area contributed by atoms with Crippen molar-refractivity contribution in [2.75, 3.05) is 18.5 Å². The van der Waals surface area contributed by atoms with Gasteiger partial charge in [-0.25, -0.2) is 0 Å². The van der Waals surface area contributed by atoms with E-state index in [1.54, 1.807) is 18.2 Å². The van der Waals surface area contributed by atoms with Gasteiger partial charge in [0.25, 0.3) is 0 Å². The predicted molar refractivity (Wildman–Crippen MR) is 83.6 cm³/mol. The normalized spacial score (nSPS) is 12.0. The van der Waals surface area contributed by atoms with Crippen LogP contribution in [0.1, 0.15) is 33.6 Å². The van der Waals surface area contributed by atoms with Crippen molar-refractivity contribution in [2.24, 2.45) is 0 Å². The maximum absolute atomic E-state index is 11.9. The van der Waals surface area contributed by atoms with Gasteiger partial charge in [-0.05, 0) is 38.0 Å². The number of carbonyl (C=O) groups excluding carboxylic acids is 1. The van der Waals surface area contributed by atoms with E-state index in [1.807, 2.05) is 13.8 Å². The van der Waals surface area contributed by atoms with Crippen molar-refractivity contribution in [3.63, 3.8) is 0 Å². The number of halogens is 1. The Morgan fingerprint density at radius 1 is 1.40 bits per heavy atom. The van der Waals surface area contributed by atoms with Crippen molar-refractivity contribution in [1.82, 2.24) is 5.32 Å². The first-order valence-corrected chi connectivity index (χ1v) is 7.40. The summed E-state index contributed by atoms with van der Waals surface area (Å²) in [5.74, 6) is 0.544. The van der Waals surface area contributed by atoms with E-state index in [0.717, 1.165) is 12.8 Å². The number of rotatable bonds is 8. The molecule has 0 spiro atoms. The molecule has 1 amide bonds. The second kappa shape index (κ2) is 8.82. The fraction of sp³-hybridized carbons (Fsp3) is 0.533. The molecule has 0 saturated heterocycles. The molecule has 0 fully saturated rings. The summed E-state index contributed by atoms with van der Waals surface area (Å²) in [6.07, 6.45) is 1.89. The Morgan fingerprint density at radius 2 is 2.15 bits per heavy atom. The van der Waals surface area contributed by atoms with Crippen molar-refractivity contribution in [3.05, 3.63) is 23.2 Å². The number of nitrogens with one attached hydrogen (secondary N) is 2. The van der Waals surface area contributed by atoms with E-state index in [9.17, 15) is 4.79 Å². The van der Waals surface area contributed by atoms with Crippen molar-refractivity contribution in [3.8, 4) is 5.75 Å². The minimum atomic E-state index is -0.103. The second-order valence-corrected chi connectivity index (χ2v) is 5.16. The highest BCUT2D eigenvalue weighted by molar-refractivity contribution is 6.31. The van der Waals surface area contributed by atoms with Gasteiger partial charge in [-0.15, -0.1) is 0 Å². The molecule has 0 aliphatic rings. The van der Waals surface area contributed by atoms with Gasteiger partial charge in [0.05, 0.1) is 18.8 Å². The number of ether oxygens (including phenoxy) is 1. The Bertz CT molecular complexity index is 438. The zero-order valence-electron chi connectivity index (χ0n) is 12.3. The summed E-state index contributed by atoms with van der Waals surface area (Å²) in [6, 6.07) is 5.54. The molecule has 1 atom stereocenters. The van der Waals surface area contributed by atoms with E-state index in [0.29, 0.717) is 29.1 Å². The van der Waals surface area contributed by atoms with Crippen LogP contribution in [0.3, 0.4) is 0 Å². The number of hydrogen-bond acceptors (Lipinski definition) is 3. The molecule has 0 radical (unpaired) electrons. The second-order valence-electron chi connectivity index (χ2n) is 4.73. The summed E-state index contributed by atoms with van der Waals surface area (Å²) in [6.45, 7) is 7.03. The minimum Gasteiger partial charge on any atom is -0.491 e. The first-order valence-electron chi connectivity index (χ1n) is 7.02. The third kappa shape index (κ3) is 5.80. The molecular formula is C15H23ClN2O2. The molecule has 0 aliphatic carbocycles. The summed E-state index contributed by atoms with van der Waals surface area (Å²) >= 11 is 5.96. The highest BCUT2D eigenvalue weighted by atomic mass is 35.5. The zero-order chi connectivity index (χ0) is 15.0. The largest absolute Gasteiger partial charge is 0.491 e. The summed E-state index contributed by atoms with van der Waals surface area (Å²) in [4.78, 5) is 11.9. The molecule has 20 heavy (non-hydrogen) atoms. The van der Waals surface area contributed by atoms with Crippen LogP contribution in [-0.2, 0) is 4.79 Å². The topological polar surface area (TPSA) is 50.4 Å². The molecule has 112 valence electrons. The molecule has 1 aromatic carbocycles. The van der Waals surface area contributed by atoms with Crippen molar-refractivity contribution < 1.29 is 9.53 Å². The SMILES string of the molecule is CCCOc1ccc(Cl)cc1NC(=O)CNC(C)CC. The monoisotopic (exact) mass is 298 g/mol. The number of carbonyl (C=O) groups is 1. The van der Waals surface area contributed by atoms with E-state index >= 15 is 0 Å². The van der Waals surface area contributed by atoms with Gasteiger partial charge in [-0.3, -0.25) is 4.79 Å². The molecule has 1 aromatic rings. The van der Waals surface area contributed by atoms with Gasteiger partial charge in [0.2, 0.25) is 5.91 Å². The maximum atomic E-state index is 11.9. The fourth-order valence-corrected chi connectivity index (χ4v) is 1.72. The van der Waals surface area contributed by atoms with Crippen LogP contribution >= 0.6 is 11.6 Å². The minimum absolute atomic E-state index is 0.103. The standard InChI is InChI=1S/C15H23ClN2O2/c1-4-8-20-14-7-6-12(16)9-13(14)18-15(19)10-17-11(3)5-2/h6-7,9,11,17H,4-5,8,10H2,1-3H3,(H,18,19). The average molecular weight is 299 g/mol. The number of anilines is 1. The molecule has 0 heterocycles. The van der Waals surface area contributed by atoms with E-state index in [4.69, 9.17) is 16.3 Å². The number of hydrogen-bond donors (Lipinski definition) is 2. The van der Waals surface area contributed by atoms with Crippen LogP contribution in [-0.4, -0.2) is 25.1 Å². The van der Waals surface area contributed by atoms with Gasteiger partial charge >= 0.3 is 0 Å². The smallest absolute Gasteiger partial charge is 0.238 e. The quantitative estimate of drug-likeness (QED) is 0.773. The Morgan fingerprint density at radius 3 is 2.80 bits per heavy atom. The molecule has 1 rings (SSSR count). The predicted octanol–water partition coefficient (Wildman–Crippen LogP) is 3.46. The van der Waals surface area contributed by atoms with E-state index in [1.165, 1.54) is 0 Å². The molecule has 0 aromatic heterocycles. The number of benzene rings is 1. The van der Waals surface area contributed by atoms with E-state index in [2.05, 4.69) is 17.6 Å². The van der Waals surface area contributed by atoms with Crippen LogP contribution in [0, 0.1) is 0 Å². The van der Waals surface area contributed by atoms with E-state index in [-0.39, 0.29) is 12.5 Å². The van der Waals surface area contributed by atoms with Gasteiger partial charge < -0.3 is 15.4 Å². The lowest BCUT2D eigenvalue weighted by molar-refractivity contribution is -0.115. The molecule has 0 bridgehead atoms. The van der Waals surface area contributed by atoms with Gasteiger partial charge in [0, 0.05) is 11.1 Å². The van der Waals surface area contributed by atoms with Crippen LogP contribution in [0.25, 0.3) is 0 Å². The molecule has 2 N–H and O–H groups in total. The van der Waals surface area contributed by atoms with Crippen molar-refractivity contribution in [1.29, 1.82) is 0 Å². The Labute approximate surface area is 125 Å². The lowest BCUT2D eigenvalue weighted by Gasteiger charge is -2.14. The highest BCUT2D eigenvalue weighted by Crippen LogP contribution is 2.28. The third-order valence-corrected chi connectivity index (χ3v) is 3.14. The zero-order valence-corrected chi connectivity index (χ0v) is 13.1. The maximum Gasteiger partial charge on any atom is 0.238 e. The van der Waals surface area contributed by atoms with Crippen LogP contribution in [0.2, 0.25) is 5.02 Å². The molecule has 4 nitrogen and oxygen atoms in total. The fourth-order valence-electron chi connectivity index (χ4n) is 1.54. The first kappa shape index (κ1) is 16.8. The third-order valence-electron chi connectivity index (χ3n) is 2.90. The van der Waals surface area contributed by atoms with Gasteiger partial charge in [0.15, 0.2) is 0 Å². The molecule has 0 aliphatic heterocycles. The summed E-state index contributed by atoms with van der Waals surface area (Å²) < 4.78 is 5.60.